The first-order valence-corrected chi connectivity index (χ1v) is 9.60. The van der Waals surface area contributed by atoms with Crippen LogP contribution >= 0.6 is 0 Å². The van der Waals surface area contributed by atoms with Gasteiger partial charge in [0.2, 0.25) is 11.8 Å². The van der Waals surface area contributed by atoms with E-state index < -0.39 is 0 Å². The van der Waals surface area contributed by atoms with Crippen LogP contribution in [0.2, 0.25) is 0 Å². The lowest BCUT2D eigenvalue weighted by molar-refractivity contribution is 0.0652. The Morgan fingerprint density at radius 2 is 1.93 bits per heavy atom. The molecule has 1 aromatic heterocycles. The van der Waals surface area contributed by atoms with E-state index in [1.807, 2.05) is 53.4 Å². The fourth-order valence-electron chi connectivity index (χ4n) is 3.60. The van der Waals surface area contributed by atoms with Crippen LogP contribution in [-0.2, 0) is 0 Å². The van der Waals surface area contributed by atoms with Crippen LogP contribution in [0.4, 0.5) is 0 Å². The highest BCUT2D eigenvalue weighted by molar-refractivity contribution is 5.94. The molecule has 1 unspecified atom stereocenters. The summed E-state index contributed by atoms with van der Waals surface area (Å²) in [6.07, 6.45) is 3.88. The maximum absolute atomic E-state index is 13.3. The van der Waals surface area contributed by atoms with E-state index in [2.05, 4.69) is 10.2 Å². The van der Waals surface area contributed by atoms with Crippen LogP contribution in [0, 0.1) is 0 Å². The van der Waals surface area contributed by atoms with Gasteiger partial charge < -0.3 is 14.1 Å². The number of nitrogens with zero attached hydrogens (tertiary/aromatic N) is 3. The van der Waals surface area contributed by atoms with Crippen LogP contribution in [0.5, 0.6) is 5.75 Å². The van der Waals surface area contributed by atoms with Crippen molar-refractivity contribution in [3.63, 3.8) is 0 Å². The molecule has 1 amide bonds. The van der Waals surface area contributed by atoms with Gasteiger partial charge in [-0.25, -0.2) is 0 Å². The van der Waals surface area contributed by atoms with E-state index in [9.17, 15) is 4.79 Å². The van der Waals surface area contributed by atoms with Gasteiger partial charge in [0.05, 0.1) is 7.11 Å². The predicted octanol–water partition coefficient (Wildman–Crippen LogP) is 4.50. The topological polar surface area (TPSA) is 68.5 Å². The second-order valence-corrected chi connectivity index (χ2v) is 6.91. The van der Waals surface area contributed by atoms with E-state index in [4.69, 9.17) is 9.15 Å². The second kappa shape index (κ2) is 8.25. The lowest BCUT2D eigenvalue weighted by atomic mass is 10.1. The van der Waals surface area contributed by atoms with Crippen molar-refractivity contribution >= 4 is 5.91 Å². The van der Waals surface area contributed by atoms with E-state index in [0.29, 0.717) is 29.6 Å². The predicted molar refractivity (Wildman–Crippen MR) is 105 cm³/mol. The summed E-state index contributed by atoms with van der Waals surface area (Å²) in [4.78, 5) is 15.1. The molecule has 1 aliphatic rings. The van der Waals surface area contributed by atoms with Crippen molar-refractivity contribution in [3.8, 4) is 17.2 Å². The van der Waals surface area contributed by atoms with Crippen molar-refractivity contribution in [1.82, 2.24) is 15.1 Å². The lowest BCUT2D eigenvalue weighted by Crippen LogP contribution is -2.35. The minimum atomic E-state index is -0.217. The molecule has 0 spiro atoms. The number of carbonyl (C=O) groups excluding carboxylic acids is 1. The number of hydrogen-bond acceptors (Lipinski definition) is 5. The van der Waals surface area contributed by atoms with Crippen molar-refractivity contribution in [2.45, 2.75) is 31.7 Å². The molecule has 6 heteroatoms. The summed E-state index contributed by atoms with van der Waals surface area (Å²) >= 11 is 0. The van der Waals surface area contributed by atoms with Gasteiger partial charge in [0.1, 0.15) is 11.8 Å². The van der Waals surface area contributed by atoms with E-state index in [0.717, 1.165) is 31.2 Å². The number of likely N-dealkylation sites (tertiary alicyclic amines) is 1. The largest absolute Gasteiger partial charge is 0.497 e. The molecule has 6 nitrogen and oxygen atoms in total. The van der Waals surface area contributed by atoms with Gasteiger partial charge in [0.15, 0.2) is 0 Å². The number of methoxy groups -OCH3 is 1. The Balaban J connectivity index is 1.64. The Morgan fingerprint density at radius 3 is 2.75 bits per heavy atom. The average Bonchev–Trinajstić information content (AvgIpc) is 3.12. The molecule has 0 aliphatic carbocycles. The molecule has 0 radical (unpaired) electrons. The average molecular weight is 377 g/mol. The smallest absolute Gasteiger partial charge is 0.254 e. The van der Waals surface area contributed by atoms with Crippen LogP contribution in [-0.4, -0.2) is 34.7 Å². The Hall–Kier alpha value is -3.15. The Morgan fingerprint density at radius 1 is 1.07 bits per heavy atom. The van der Waals surface area contributed by atoms with Gasteiger partial charge in [-0.05, 0) is 43.2 Å². The first-order chi connectivity index (χ1) is 13.8. The van der Waals surface area contributed by atoms with Crippen LogP contribution in [0.25, 0.3) is 11.5 Å². The molecule has 0 N–H and O–H groups in total. The molecule has 2 aromatic carbocycles. The third kappa shape index (κ3) is 3.76. The number of hydrogen-bond donors (Lipinski definition) is 0. The van der Waals surface area contributed by atoms with Gasteiger partial charge >= 0.3 is 0 Å². The zero-order chi connectivity index (χ0) is 19.3. The van der Waals surface area contributed by atoms with E-state index in [1.54, 1.807) is 13.2 Å². The number of benzene rings is 2. The minimum Gasteiger partial charge on any atom is -0.497 e. The van der Waals surface area contributed by atoms with Gasteiger partial charge in [-0.2, -0.15) is 0 Å². The number of carbonyl (C=O) groups is 1. The number of aromatic nitrogens is 2. The molecule has 1 atom stereocenters. The molecule has 0 saturated carbocycles. The summed E-state index contributed by atoms with van der Waals surface area (Å²) < 4.78 is 11.3. The Kier molecular flexibility index (Phi) is 5.37. The summed E-state index contributed by atoms with van der Waals surface area (Å²) in [7, 11) is 1.60. The van der Waals surface area contributed by atoms with Gasteiger partial charge in [0.25, 0.3) is 5.91 Å². The highest BCUT2D eigenvalue weighted by Crippen LogP contribution is 2.32. The number of rotatable bonds is 4. The highest BCUT2D eigenvalue weighted by Gasteiger charge is 2.31. The zero-order valence-corrected chi connectivity index (χ0v) is 15.9. The third-order valence-corrected chi connectivity index (χ3v) is 5.08. The molecular formula is C22H23N3O3. The van der Waals surface area contributed by atoms with Crippen molar-refractivity contribution in [3.05, 3.63) is 66.1 Å². The van der Waals surface area contributed by atoms with Gasteiger partial charge in [-0.1, -0.05) is 37.1 Å². The molecule has 1 saturated heterocycles. The van der Waals surface area contributed by atoms with Crippen LogP contribution in [0.15, 0.2) is 59.0 Å². The van der Waals surface area contributed by atoms with Crippen LogP contribution in [0.3, 0.4) is 0 Å². The summed E-state index contributed by atoms with van der Waals surface area (Å²) in [5.41, 5.74) is 1.48. The zero-order valence-electron chi connectivity index (χ0n) is 15.9. The van der Waals surface area contributed by atoms with Crippen LogP contribution in [0.1, 0.15) is 48.0 Å². The molecule has 3 aromatic rings. The Labute approximate surface area is 164 Å². The van der Waals surface area contributed by atoms with Crippen molar-refractivity contribution in [1.29, 1.82) is 0 Å². The van der Waals surface area contributed by atoms with Gasteiger partial charge in [-0.15, -0.1) is 10.2 Å². The molecule has 144 valence electrons. The fraction of sp³-hybridized carbons (Fsp3) is 0.318. The van der Waals surface area contributed by atoms with E-state index in [1.165, 1.54) is 0 Å². The first kappa shape index (κ1) is 18.2. The summed E-state index contributed by atoms with van der Waals surface area (Å²) in [5.74, 6) is 1.61. The van der Waals surface area contributed by atoms with E-state index in [-0.39, 0.29) is 11.9 Å². The van der Waals surface area contributed by atoms with Crippen molar-refractivity contribution < 1.29 is 13.9 Å². The maximum Gasteiger partial charge on any atom is 0.254 e. The lowest BCUT2D eigenvalue weighted by Gasteiger charge is -2.27. The molecule has 28 heavy (non-hydrogen) atoms. The monoisotopic (exact) mass is 377 g/mol. The third-order valence-electron chi connectivity index (χ3n) is 5.08. The van der Waals surface area contributed by atoms with Gasteiger partial charge in [-0.3, -0.25) is 4.79 Å². The molecule has 0 bridgehead atoms. The minimum absolute atomic E-state index is 0.0368. The second-order valence-electron chi connectivity index (χ2n) is 6.91. The molecular weight excluding hydrogens is 354 g/mol. The number of ether oxygens (including phenoxy) is 1. The van der Waals surface area contributed by atoms with Crippen LogP contribution < -0.4 is 4.74 Å². The number of amides is 1. The maximum atomic E-state index is 13.3. The van der Waals surface area contributed by atoms with Crippen molar-refractivity contribution in [2.75, 3.05) is 13.7 Å². The normalized spacial score (nSPS) is 17.2. The van der Waals surface area contributed by atoms with Crippen molar-refractivity contribution in [2.24, 2.45) is 0 Å². The first-order valence-electron chi connectivity index (χ1n) is 9.60. The van der Waals surface area contributed by atoms with Gasteiger partial charge in [0, 0.05) is 17.7 Å². The highest BCUT2D eigenvalue weighted by atomic mass is 16.5. The standard InChI is InChI=1S/C22H23N3O3/c1-27-18-12-8-11-17(15-18)22(26)25-14-7-3-6-13-19(25)21-24-23-20(28-21)16-9-4-2-5-10-16/h2,4-5,8-12,15,19H,3,6-7,13-14H2,1H3. The summed E-state index contributed by atoms with van der Waals surface area (Å²) in [6, 6.07) is 16.7. The summed E-state index contributed by atoms with van der Waals surface area (Å²) in [5, 5.41) is 8.49. The fourth-order valence-corrected chi connectivity index (χ4v) is 3.60. The molecule has 2 heterocycles. The summed E-state index contributed by atoms with van der Waals surface area (Å²) in [6.45, 7) is 0.670. The molecule has 1 aliphatic heterocycles. The molecule has 1 fully saturated rings. The SMILES string of the molecule is COc1cccc(C(=O)N2CCCCCC2c2nnc(-c3ccccc3)o2)c1. The molecule has 4 rings (SSSR count). The Bertz CT molecular complexity index is 939. The quantitative estimate of drug-likeness (QED) is 0.669. The van der Waals surface area contributed by atoms with E-state index >= 15 is 0 Å².